The number of benzene rings is 8. The molecule has 37 heavy (non-hydrogen) atoms. The average Bonchev–Trinajstić information content (AvgIpc) is 2.88. The Hall–Kier alpha value is -2.47. The molecular formula is C30H9Br2Cl3O2. The van der Waals surface area contributed by atoms with Gasteiger partial charge in [-0.1, -0.05) is 78.8 Å². The lowest BCUT2D eigenvalue weighted by molar-refractivity contribution is 1.69. The molecule has 0 radical (unpaired) electrons. The van der Waals surface area contributed by atoms with Gasteiger partial charge in [0.1, 0.15) is 0 Å². The summed E-state index contributed by atoms with van der Waals surface area (Å²) in [5.41, 5.74) is -0.276. The van der Waals surface area contributed by atoms with E-state index in [0.29, 0.717) is 36.1 Å². The molecule has 0 aliphatic heterocycles. The summed E-state index contributed by atoms with van der Waals surface area (Å²) < 4.78 is 1.51. The molecule has 0 amide bonds. The molecule has 0 aliphatic rings. The van der Waals surface area contributed by atoms with Crippen molar-refractivity contribution in [3.05, 3.63) is 99.1 Å². The predicted octanol–water partition coefficient (Wildman–Crippen LogP) is 10.3. The first kappa shape index (κ1) is 22.5. The molecule has 0 spiro atoms. The van der Waals surface area contributed by atoms with Gasteiger partial charge >= 0.3 is 0 Å². The van der Waals surface area contributed by atoms with Crippen molar-refractivity contribution in [2.24, 2.45) is 0 Å². The summed E-state index contributed by atoms with van der Waals surface area (Å²) in [6.45, 7) is 0. The molecule has 2 nitrogen and oxygen atoms in total. The number of hydrogen-bond acceptors (Lipinski definition) is 2. The Morgan fingerprint density at radius 3 is 1.59 bits per heavy atom. The highest BCUT2D eigenvalue weighted by Gasteiger charge is 2.24. The highest BCUT2D eigenvalue weighted by molar-refractivity contribution is 9.11. The Labute approximate surface area is 239 Å². The first-order valence-corrected chi connectivity index (χ1v) is 14.0. The molecular weight excluding hydrogens is 658 g/mol. The van der Waals surface area contributed by atoms with E-state index in [1.807, 2.05) is 30.3 Å². The highest BCUT2D eigenvalue weighted by atomic mass is 79.9. The quantitative estimate of drug-likeness (QED) is 0.0917. The normalized spacial score (nSPS) is 12.7. The largest absolute Gasteiger partial charge is 0.289 e. The molecule has 8 rings (SSSR count). The number of hydrogen-bond donors (Lipinski definition) is 0. The zero-order valence-electron chi connectivity index (χ0n) is 18.4. The van der Waals surface area contributed by atoms with Gasteiger partial charge in [0.05, 0.1) is 25.8 Å². The maximum atomic E-state index is 13.8. The lowest BCUT2D eigenvalue weighted by Gasteiger charge is -2.19. The summed E-state index contributed by atoms with van der Waals surface area (Å²) in [6.07, 6.45) is 0. The minimum Gasteiger partial charge on any atom is -0.289 e. The second-order valence-electron chi connectivity index (χ2n) is 9.36. The van der Waals surface area contributed by atoms with Crippen LogP contribution in [0.1, 0.15) is 0 Å². The number of fused-ring (bicyclic) bond motifs is 4. The van der Waals surface area contributed by atoms with E-state index in [4.69, 9.17) is 34.8 Å². The molecule has 0 saturated heterocycles. The Bertz CT molecular complexity index is 2450. The summed E-state index contributed by atoms with van der Waals surface area (Å²) >= 11 is 26.8. The fraction of sp³-hybridized carbons (Fsp3) is 0. The summed E-state index contributed by atoms with van der Waals surface area (Å²) in [5, 5.41) is 12.0. The molecule has 0 heterocycles. The van der Waals surface area contributed by atoms with Crippen molar-refractivity contribution in [3.63, 3.8) is 0 Å². The molecule has 7 heteroatoms. The molecule has 0 unspecified atom stereocenters. The van der Waals surface area contributed by atoms with Gasteiger partial charge in [0.2, 0.25) is 0 Å². The van der Waals surface area contributed by atoms with Gasteiger partial charge in [0, 0.05) is 41.3 Å². The van der Waals surface area contributed by atoms with Crippen molar-refractivity contribution in [2.45, 2.75) is 0 Å². The fourth-order valence-electron chi connectivity index (χ4n) is 6.18. The van der Waals surface area contributed by atoms with Crippen LogP contribution in [-0.2, 0) is 0 Å². The molecule has 0 aliphatic carbocycles. The van der Waals surface area contributed by atoms with E-state index in [-0.39, 0.29) is 15.9 Å². The van der Waals surface area contributed by atoms with Gasteiger partial charge in [0.25, 0.3) is 0 Å². The topological polar surface area (TPSA) is 34.1 Å². The molecule has 0 N–H and O–H groups in total. The average molecular weight is 668 g/mol. The molecule has 0 fully saturated rings. The number of rotatable bonds is 0. The van der Waals surface area contributed by atoms with Crippen LogP contribution in [0.15, 0.2) is 73.1 Å². The van der Waals surface area contributed by atoms with E-state index < -0.39 is 0 Å². The van der Waals surface area contributed by atoms with E-state index in [0.717, 1.165) is 58.3 Å². The molecule has 0 aromatic heterocycles. The van der Waals surface area contributed by atoms with Crippen LogP contribution in [0.4, 0.5) is 0 Å². The van der Waals surface area contributed by atoms with Crippen molar-refractivity contribution >= 4 is 142 Å². The van der Waals surface area contributed by atoms with Crippen LogP contribution in [0.5, 0.6) is 0 Å². The zero-order chi connectivity index (χ0) is 25.5. The Morgan fingerprint density at radius 2 is 1.00 bits per heavy atom. The van der Waals surface area contributed by atoms with Crippen molar-refractivity contribution in [1.82, 2.24) is 0 Å². The first-order valence-electron chi connectivity index (χ1n) is 11.3. The van der Waals surface area contributed by atoms with Gasteiger partial charge in [-0.25, -0.2) is 0 Å². The maximum Gasteiger partial charge on any atom is 0.195 e. The molecule has 0 bridgehead atoms. The van der Waals surface area contributed by atoms with Crippen molar-refractivity contribution < 1.29 is 0 Å². The second-order valence-corrected chi connectivity index (χ2v) is 12.3. The van der Waals surface area contributed by atoms with Crippen LogP contribution in [0.2, 0.25) is 15.1 Å². The fourth-order valence-corrected chi connectivity index (χ4v) is 8.18. The van der Waals surface area contributed by atoms with Gasteiger partial charge in [0.15, 0.2) is 10.9 Å². The van der Waals surface area contributed by atoms with E-state index in [1.54, 1.807) is 12.1 Å². The second kappa shape index (κ2) is 7.34. The predicted molar refractivity (Wildman–Crippen MR) is 166 cm³/mol. The van der Waals surface area contributed by atoms with Gasteiger partial charge in [-0.2, -0.15) is 0 Å². The Morgan fingerprint density at radius 1 is 0.459 bits per heavy atom. The van der Waals surface area contributed by atoms with Gasteiger partial charge in [-0.15, -0.1) is 0 Å². The minimum atomic E-state index is -0.169. The standard InChI is InChI=1S/C30H9Br2Cl3O2/c31-16-5-6-18(33)26-24(16)14-7-10-2-4-13-23-15(25-17(32)9-19(34)28(35)27(25)30(13)37)8-11-1-3-12(29(26)36)22(14)20(11)21(10)23/h1-9H. The van der Waals surface area contributed by atoms with Crippen molar-refractivity contribution in [1.29, 1.82) is 0 Å². The summed E-state index contributed by atoms with van der Waals surface area (Å²) in [7, 11) is 0. The zero-order valence-corrected chi connectivity index (χ0v) is 23.8. The van der Waals surface area contributed by atoms with Crippen LogP contribution in [-0.4, -0.2) is 0 Å². The molecule has 8 aromatic carbocycles. The van der Waals surface area contributed by atoms with E-state index in [2.05, 4.69) is 44.0 Å². The smallest absolute Gasteiger partial charge is 0.195 e. The van der Waals surface area contributed by atoms with Crippen LogP contribution in [0, 0.1) is 0 Å². The summed E-state index contributed by atoms with van der Waals surface area (Å²) in [6, 6.07) is 17.2. The van der Waals surface area contributed by atoms with E-state index in [1.165, 1.54) is 0 Å². The van der Waals surface area contributed by atoms with Crippen molar-refractivity contribution in [3.8, 4) is 0 Å². The SMILES string of the molecule is O=c1c2ccc3cc4c5c(Br)cc(Cl)c(Cl)c5c(=O)c5ccc6cc(c7c(Br)ccc(Cl)c17)c2c3c6c54. The first-order chi connectivity index (χ1) is 17.8. The molecule has 0 saturated carbocycles. The van der Waals surface area contributed by atoms with Crippen LogP contribution >= 0.6 is 66.7 Å². The van der Waals surface area contributed by atoms with Crippen molar-refractivity contribution in [2.75, 3.05) is 0 Å². The van der Waals surface area contributed by atoms with Gasteiger partial charge in [-0.3, -0.25) is 9.59 Å². The third-order valence-corrected chi connectivity index (χ3v) is 10.0. The Balaban J connectivity index is 1.78. The van der Waals surface area contributed by atoms with E-state index >= 15 is 0 Å². The number of halogens is 5. The third-order valence-electron chi connectivity index (χ3n) is 7.62. The van der Waals surface area contributed by atoms with Crippen LogP contribution in [0.3, 0.4) is 0 Å². The van der Waals surface area contributed by atoms with Gasteiger partial charge < -0.3 is 0 Å². The molecule has 0 atom stereocenters. The third kappa shape index (κ3) is 2.63. The Kier molecular flexibility index (Phi) is 4.46. The molecule has 176 valence electrons. The minimum absolute atomic E-state index is 0.107. The monoisotopic (exact) mass is 664 g/mol. The maximum absolute atomic E-state index is 13.8. The highest BCUT2D eigenvalue weighted by Crippen LogP contribution is 2.48. The van der Waals surface area contributed by atoms with E-state index in [9.17, 15) is 9.59 Å². The lowest BCUT2D eigenvalue weighted by Crippen LogP contribution is -2.07. The lowest BCUT2D eigenvalue weighted by atomic mass is 9.84. The van der Waals surface area contributed by atoms with Gasteiger partial charge in [-0.05, 0) is 74.8 Å². The summed E-state index contributed by atoms with van der Waals surface area (Å²) in [5.74, 6) is 0. The van der Waals surface area contributed by atoms with Crippen LogP contribution in [0.25, 0.3) is 75.4 Å². The van der Waals surface area contributed by atoms with Crippen LogP contribution < -0.4 is 10.9 Å². The molecule has 8 aromatic rings. The summed E-state index contributed by atoms with van der Waals surface area (Å²) in [4.78, 5) is 27.6.